The lowest BCUT2D eigenvalue weighted by atomic mass is 9.99. The van der Waals surface area contributed by atoms with E-state index in [9.17, 15) is 4.79 Å². The molecule has 2 aromatic carbocycles. The van der Waals surface area contributed by atoms with E-state index >= 15 is 0 Å². The van der Waals surface area contributed by atoms with Gasteiger partial charge in [0.2, 0.25) is 0 Å². The zero-order valence-electron chi connectivity index (χ0n) is 14.8. The fourth-order valence-electron chi connectivity index (χ4n) is 2.90. The van der Waals surface area contributed by atoms with Crippen LogP contribution in [0.5, 0.6) is 0 Å². The molecule has 0 saturated carbocycles. The van der Waals surface area contributed by atoms with Gasteiger partial charge in [0.25, 0.3) is 5.56 Å². The molecule has 0 amide bonds. The van der Waals surface area contributed by atoms with Gasteiger partial charge in [0, 0.05) is 5.56 Å². The van der Waals surface area contributed by atoms with Crippen LogP contribution in [0, 0.1) is 19.8 Å². The van der Waals surface area contributed by atoms with Gasteiger partial charge in [0.1, 0.15) is 0 Å². The second kappa shape index (κ2) is 6.52. The number of nitrogens with one attached hydrogen (secondary N) is 1. The third kappa shape index (κ3) is 3.21. The number of rotatable bonds is 4. The van der Waals surface area contributed by atoms with Crippen molar-refractivity contribution in [3.05, 3.63) is 75.6 Å². The zero-order chi connectivity index (χ0) is 17.3. The molecule has 24 heavy (non-hydrogen) atoms. The molecule has 3 nitrogen and oxygen atoms in total. The van der Waals surface area contributed by atoms with Crippen LogP contribution < -0.4 is 5.56 Å². The van der Waals surface area contributed by atoms with Crippen molar-refractivity contribution in [1.82, 2.24) is 9.78 Å². The van der Waals surface area contributed by atoms with E-state index in [2.05, 4.69) is 50.1 Å². The summed E-state index contributed by atoms with van der Waals surface area (Å²) in [6.07, 6.45) is 0.761. The molecule has 0 fully saturated rings. The molecule has 0 aliphatic rings. The van der Waals surface area contributed by atoms with E-state index in [4.69, 9.17) is 0 Å². The van der Waals surface area contributed by atoms with Gasteiger partial charge < -0.3 is 0 Å². The third-order valence-electron chi connectivity index (χ3n) is 4.23. The lowest BCUT2D eigenvalue weighted by Crippen LogP contribution is -2.18. The minimum Gasteiger partial charge on any atom is -0.290 e. The van der Waals surface area contributed by atoms with Gasteiger partial charge >= 0.3 is 0 Å². The first-order valence-corrected chi connectivity index (χ1v) is 8.43. The Labute approximate surface area is 143 Å². The van der Waals surface area contributed by atoms with Crippen LogP contribution >= 0.6 is 0 Å². The van der Waals surface area contributed by atoms with E-state index < -0.39 is 0 Å². The lowest BCUT2D eigenvalue weighted by molar-refractivity contribution is 0.644. The maximum absolute atomic E-state index is 13.0. The summed E-state index contributed by atoms with van der Waals surface area (Å²) in [4.78, 5) is 13.0. The molecule has 1 N–H and O–H groups in total. The van der Waals surface area contributed by atoms with Crippen molar-refractivity contribution in [3.8, 4) is 16.9 Å². The minimum absolute atomic E-state index is 0.0446. The van der Waals surface area contributed by atoms with Crippen molar-refractivity contribution in [2.24, 2.45) is 5.92 Å². The molecule has 3 aromatic rings. The summed E-state index contributed by atoms with van der Waals surface area (Å²) in [7, 11) is 0. The highest BCUT2D eigenvalue weighted by Crippen LogP contribution is 2.23. The number of nitrogens with zero attached hydrogens (tertiary/aromatic N) is 1. The number of hydrogen-bond donors (Lipinski definition) is 1. The molecule has 0 spiro atoms. The quantitative estimate of drug-likeness (QED) is 0.746. The molecule has 124 valence electrons. The molecule has 0 saturated heterocycles. The van der Waals surface area contributed by atoms with E-state index in [0.717, 1.165) is 28.9 Å². The molecular weight excluding hydrogens is 296 g/mol. The second-order valence-corrected chi connectivity index (χ2v) is 6.91. The van der Waals surface area contributed by atoms with Crippen molar-refractivity contribution >= 4 is 0 Å². The van der Waals surface area contributed by atoms with Gasteiger partial charge in [-0.05, 0) is 43.9 Å². The summed E-state index contributed by atoms with van der Waals surface area (Å²) < 4.78 is 1.66. The minimum atomic E-state index is 0.0446. The predicted octanol–water partition coefficient (Wildman–Crippen LogP) is 4.65. The molecule has 1 aromatic heterocycles. The molecule has 0 atom stereocenters. The van der Waals surface area contributed by atoms with Gasteiger partial charge in [-0.2, -0.15) is 0 Å². The first-order valence-electron chi connectivity index (χ1n) is 8.43. The van der Waals surface area contributed by atoms with Gasteiger partial charge in [-0.25, -0.2) is 4.68 Å². The zero-order valence-corrected chi connectivity index (χ0v) is 14.8. The Hall–Kier alpha value is -2.55. The number of hydrogen-bond acceptors (Lipinski definition) is 1. The van der Waals surface area contributed by atoms with Crippen molar-refractivity contribution in [2.75, 3.05) is 0 Å². The van der Waals surface area contributed by atoms with Crippen LogP contribution in [0.3, 0.4) is 0 Å². The SMILES string of the molecule is Cc1ccc(-c2[nH]n(-c3ccc(C)cc3)c(=O)c2CC(C)C)cc1. The van der Waals surface area contributed by atoms with Crippen LogP contribution in [0.4, 0.5) is 0 Å². The first-order chi connectivity index (χ1) is 11.5. The van der Waals surface area contributed by atoms with Crippen LogP contribution in [0.1, 0.15) is 30.5 Å². The Morgan fingerprint density at radius 2 is 1.46 bits per heavy atom. The highest BCUT2D eigenvalue weighted by molar-refractivity contribution is 5.63. The average Bonchev–Trinajstić information content (AvgIpc) is 2.86. The monoisotopic (exact) mass is 320 g/mol. The van der Waals surface area contributed by atoms with E-state index in [1.165, 1.54) is 11.1 Å². The molecule has 3 heteroatoms. The standard InChI is InChI=1S/C21H24N2O/c1-14(2)13-19-20(17-9-5-15(3)6-10-17)22-23(21(19)24)18-11-7-16(4)8-12-18/h5-12,14,22H,13H2,1-4H3. The summed E-state index contributed by atoms with van der Waals surface area (Å²) in [6, 6.07) is 16.3. The van der Waals surface area contributed by atoms with Crippen molar-refractivity contribution in [3.63, 3.8) is 0 Å². The van der Waals surface area contributed by atoms with Gasteiger partial charge in [0.05, 0.1) is 11.4 Å². The predicted molar refractivity (Wildman–Crippen MR) is 99.8 cm³/mol. The topological polar surface area (TPSA) is 37.8 Å². The highest BCUT2D eigenvalue weighted by Gasteiger charge is 2.17. The first kappa shape index (κ1) is 16.3. The summed E-state index contributed by atoms with van der Waals surface area (Å²) in [5.41, 5.74) is 6.14. The maximum atomic E-state index is 13.0. The van der Waals surface area contributed by atoms with Crippen LogP contribution in [0.15, 0.2) is 53.3 Å². The van der Waals surface area contributed by atoms with Crippen molar-refractivity contribution < 1.29 is 0 Å². The van der Waals surface area contributed by atoms with E-state index in [0.29, 0.717) is 5.92 Å². The number of aryl methyl sites for hydroxylation is 2. The van der Waals surface area contributed by atoms with E-state index in [1.807, 2.05) is 31.2 Å². The Morgan fingerprint density at radius 3 is 2.00 bits per heavy atom. The van der Waals surface area contributed by atoms with Crippen LogP contribution in [-0.2, 0) is 6.42 Å². The van der Waals surface area contributed by atoms with Gasteiger partial charge in [-0.1, -0.05) is 61.4 Å². The normalized spacial score (nSPS) is 11.2. The van der Waals surface area contributed by atoms with Crippen molar-refractivity contribution in [2.45, 2.75) is 34.1 Å². The molecular formula is C21H24N2O. The summed E-state index contributed by atoms with van der Waals surface area (Å²) in [5.74, 6) is 0.421. The van der Waals surface area contributed by atoms with E-state index in [1.54, 1.807) is 4.68 Å². The molecule has 0 bridgehead atoms. The summed E-state index contributed by atoms with van der Waals surface area (Å²) >= 11 is 0. The number of benzene rings is 2. The third-order valence-corrected chi connectivity index (χ3v) is 4.23. The Kier molecular flexibility index (Phi) is 4.43. The molecule has 1 heterocycles. The maximum Gasteiger partial charge on any atom is 0.275 e. The van der Waals surface area contributed by atoms with Crippen LogP contribution in [0.25, 0.3) is 16.9 Å². The highest BCUT2D eigenvalue weighted by atomic mass is 16.1. The molecule has 0 radical (unpaired) electrons. The van der Waals surface area contributed by atoms with Gasteiger partial charge in [-0.3, -0.25) is 9.89 Å². The number of H-pyrrole nitrogens is 1. The second-order valence-electron chi connectivity index (χ2n) is 6.91. The summed E-state index contributed by atoms with van der Waals surface area (Å²) in [5, 5.41) is 3.33. The number of aromatic amines is 1. The Morgan fingerprint density at radius 1 is 0.917 bits per heavy atom. The Bertz CT molecular complexity index is 881. The van der Waals surface area contributed by atoms with Gasteiger partial charge in [-0.15, -0.1) is 0 Å². The Balaban J connectivity index is 2.17. The fraction of sp³-hybridized carbons (Fsp3) is 0.286. The summed E-state index contributed by atoms with van der Waals surface area (Å²) in [6.45, 7) is 8.39. The van der Waals surface area contributed by atoms with Crippen LogP contribution in [-0.4, -0.2) is 9.78 Å². The fourth-order valence-corrected chi connectivity index (χ4v) is 2.90. The van der Waals surface area contributed by atoms with E-state index in [-0.39, 0.29) is 5.56 Å². The van der Waals surface area contributed by atoms with Gasteiger partial charge in [0.15, 0.2) is 0 Å². The average molecular weight is 320 g/mol. The smallest absolute Gasteiger partial charge is 0.275 e. The number of aromatic nitrogens is 2. The van der Waals surface area contributed by atoms with Crippen LogP contribution in [0.2, 0.25) is 0 Å². The largest absolute Gasteiger partial charge is 0.290 e. The molecule has 0 unspecified atom stereocenters. The lowest BCUT2D eigenvalue weighted by Gasteiger charge is -2.05. The molecule has 0 aliphatic heterocycles. The van der Waals surface area contributed by atoms with Crippen molar-refractivity contribution in [1.29, 1.82) is 0 Å². The molecule has 3 rings (SSSR count). The molecule has 0 aliphatic carbocycles.